The van der Waals surface area contributed by atoms with Gasteiger partial charge >= 0.3 is 0 Å². The highest BCUT2D eigenvalue weighted by Gasteiger charge is 2.09. The quantitative estimate of drug-likeness (QED) is 0.446. The number of nitrogens with zero attached hydrogens (tertiary/aromatic N) is 1. The molecule has 0 fully saturated rings. The number of aryl methyl sites for hydroxylation is 1. The summed E-state index contributed by atoms with van der Waals surface area (Å²) < 4.78 is 56.4. The third-order valence-electron chi connectivity index (χ3n) is 2.73. The summed E-state index contributed by atoms with van der Waals surface area (Å²) in [5, 5.41) is 0. The van der Waals surface area contributed by atoms with Crippen LogP contribution < -0.4 is 10.6 Å². The lowest BCUT2D eigenvalue weighted by atomic mass is 10.1. The number of benzene rings is 1. The zero-order valence-electron chi connectivity index (χ0n) is 12.6. The van der Waals surface area contributed by atoms with E-state index in [9.17, 15) is 8.42 Å². The van der Waals surface area contributed by atoms with Crippen LogP contribution in [0.1, 0.15) is 12.5 Å². The average molecular weight is 352 g/mol. The zero-order chi connectivity index (χ0) is 17.6. The van der Waals surface area contributed by atoms with Gasteiger partial charge in [-0.25, -0.2) is 8.42 Å². The van der Waals surface area contributed by atoms with Crippen molar-refractivity contribution in [1.82, 2.24) is 0 Å². The van der Waals surface area contributed by atoms with E-state index in [1.807, 2.05) is 36.9 Å². The van der Waals surface area contributed by atoms with Crippen molar-refractivity contribution >= 4 is 31.6 Å². The third kappa shape index (κ3) is 10.4. The zero-order valence-corrected chi connectivity index (χ0v) is 14.3. The van der Waals surface area contributed by atoms with Gasteiger partial charge in [-0.05, 0) is 37.6 Å². The first-order valence-electron chi connectivity index (χ1n) is 6.29. The van der Waals surface area contributed by atoms with Gasteiger partial charge in [0.2, 0.25) is 0 Å². The van der Waals surface area contributed by atoms with Crippen LogP contribution in [0.2, 0.25) is 0 Å². The van der Waals surface area contributed by atoms with Crippen LogP contribution in [0.15, 0.2) is 18.2 Å². The molecule has 0 unspecified atom stereocenters. The van der Waals surface area contributed by atoms with Crippen molar-refractivity contribution < 1.29 is 25.9 Å². The predicted octanol–water partition coefficient (Wildman–Crippen LogP) is 0.110. The molecule has 0 aromatic heterocycles. The van der Waals surface area contributed by atoms with E-state index in [-0.39, 0.29) is 5.75 Å². The third-order valence-corrected chi connectivity index (χ3v) is 3.66. The maximum absolute atomic E-state index is 11.2. The minimum atomic E-state index is -5.17. The molecule has 0 heterocycles. The molecule has 10 heteroatoms. The van der Waals surface area contributed by atoms with Crippen molar-refractivity contribution in [1.29, 1.82) is 0 Å². The normalized spacial score (nSPS) is 11.5. The highest BCUT2D eigenvalue weighted by atomic mass is 32.3. The minimum absolute atomic E-state index is 0.171. The van der Waals surface area contributed by atoms with E-state index in [1.54, 1.807) is 0 Å². The topological polar surface area (TPSA) is 144 Å². The number of nitrogens with two attached hydrogens (primary N) is 1. The lowest BCUT2D eigenvalue weighted by molar-refractivity contribution is 0.352. The Bertz CT molecular complexity index is 678. The standard InChI is InChI=1S/C12H20N2O2S.H2O4S/c1-4-14(7-8-17(3,15)16)11-5-6-12(13)10(2)9-11;1-5(2,3)4/h5-6,9H,4,7-8,13H2,1-3H3;(H2,1,2,3,4)/p-2. The number of sulfone groups is 1. The largest absolute Gasteiger partial charge is 0.759 e. The maximum atomic E-state index is 11.2. The number of anilines is 2. The molecule has 0 bridgehead atoms. The molecule has 128 valence electrons. The van der Waals surface area contributed by atoms with E-state index in [0.717, 1.165) is 23.5 Å². The monoisotopic (exact) mass is 352 g/mol. The Kier molecular flexibility index (Phi) is 7.81. The van der Waals surface area contributed by atoms with Crippen molar-refractivity contribution in [2.45, 2.75) is 13.8 Å². The van der Waals surface area contributed by atoms with E-state index in [0.29, 0.717) is 6.54 Å². The van der Waals surface area contributed by atoms with Gasteiger partial charge in [-0.3, -0.25) is 8.42 Å². The van der Waals surface area contributed by atoms with E-state index >= 15 is 0 Å². The van der Waals surface area contributed by atoms with E-state index in [2.05, 4.69) is 0 Å². The summed E-state index contributed by atoms with van der Waals surface area (Å²) in [7, 11) is -8.09. The van der Waals surface area contributed by atoms with Crippen LogP contribution in [0.3, 0.4) is 0 Å². The molecule has 2 N–H and O–H groups in total. The molecule has 0 aliphatic heterocycles. The van der Waals surface area contributed by atoms with Gasteiger partial charge in [-0.2, -0.15) is 0 Å². The van der Waals surface area contributed by atoms with Crippen LogP contribution in [0.25, 0.3) is 0 Å². The molecule has 0 saturated carbocycles. The van der Waals surface area contributed by atoms with Gasteiger partial charge in [0, 0.05) is 41.1 Å². The second kappa shape index (κ2) is 8.32. The first-order valence-corrected chi connectivity index (χ1v) is 9.68. The Labute approximate surface area is 131 Å². The number of hydrogen-bond donors (Lipinski definition) is 1. The van der Waals surface area contributed by atoms with Crippen molar-refractivity contribution in [2.24, 2.45) is 0 Å². The second-order valence-corrected chi connectivity index (χ2v) is 7.73. The number of hydrogen-bond acceptors (Lipinski definition) is 8. The van der Waals surface area contributed by atoms with Crippen LogP contribution in [0.4, 0.5) is 11.4 Å². The summed E-state index contributed by atoms with van der Waals surface area (Å²) in [6.07, 6.45) is 1.26. The van der Waals surface area contributed by atoms with Crippen molar-refractivity contribution in [3.63, 3.8) is 0 Å². The maximum Gasteiger partial charge on any atom is 0.149 e. The van der Waals surface area contributed by atoms with Crippen LogP contribution >= 0.6 is 0 Å². The van der Waals surface area contributed by atoms with Crippen LogP contribution in [0, 0.1) is 6.92 Å². The molecule has 0 aliphatic carbocycles. The molecule has 0 aliphatic rings. The predicted molar refractivity (Wildman–Crippen MR) is 83.7 cm³/mol. The van der Waals surface area contributed by atoms with Gasteiger partial charge in [0.05, 0.1) is 5.75 Å². The summed E-state index contributed by atoms with van der Waals surface area (Å²) in [4.78, 5) is 2.04. The minimum Gasteiger partial charge on any atom is -0.759 e. The number of nitrogen functional groups attached to an aromatic ring is 1. The summed E-state index contributed by atoms with van der Waals surface area (Å²) in [5.41, 5.74) is 8.55. The fraction of sp³-hybridized carbons (Fsp3) is 0.500. The van der Waals surface area contributed by atoms with Crippen LogP contribution in [-0.2, 0) is 20.2 Å². The molecular formula is C12H20N2O6S2-2. The van der Waals surface area contributed by atoms with Crippen molar-refractivity contribution in [3.05, 3.63) is 23.8 Å². The Hall–Kier alpha value is -1.36. The lowest BCUT2D eigenvalue weighted by Gasteiger charge is -2.23. The van der Waals surface area contributed by atoms with Gasteiger partial charge in [0.1, 0.15) is 9.84 Å². The lowest BCUT2D eigenvalue weighted by Crippen LogP contribution is -2.28. The molecule has 0 spiro atoms. The fourth-order valence-corrected chi connectivity index (χ4v) is 2.15. The highest BCUT2D eigenvalue weighted by molar-refractivity contribution is 7.90. The Morgan fingerprint density at radius 3 is 2.05 bits per heavy atom. The first-order chi connectivity index (χ1) is 9.83. The Balaban J connectivity index is 0.000000763. The second-order valence-electron chi connectivity index (χ2n) is 4.66. The van der Waals surface area contributed by atoms with Gasteiger partial charge in [-0.15, -0.1) is 0 Å². The molecule has 0 atom stereocenters. The van der Waals surface area contributed by atoms with Gasteiger partial charge in [0.25, 0.3) is 0 Å². The molecule has 1 rings (SSSR count). The molecule has 1 aromatic carbocycles. The number of rotatable bonds is 5. The molecule has 0 amide bonds. The molecule has 22 heavy (non-hydrogen) atoms. The van der Waals surface area contributed by atoms with Crippen LogP contribution in [-0.4, -0.2) is 51.0 Å². The van der Waals surface area contributed by atoms with E-state index in [4.69, 9.17) is 23.3 Å². The molecule has 1 aromatic rings. The van der Waals surface area contributed by atoms with Crippen molar-refractivity contribution in [3.8, 4) is 0 Å². The molecule has 8 nitrogen and oxygen atoms in total. The smallest absolute Gasteiger partial charge is 0.149 e. The van der Waals surface area contributed by atoms with Crippen LogP contribution in [0.5, 0.6) is 0 Å². The van der Waals surface area contributed by atoms with E-state index in [1.165, 1.54) is 6.26 Å². The summed E-state index contributed by atoms with van der Waals surface area (Å²) in [6.45, 7) is 5.24. The summed E-state index contributed by atoms with van der Waals surface area (Å²) in [5.74, 6) is 0.171. The average Bonchev–Trinajstić information content (AvgIpc) is 2.31. The van der Waals surface area contributed by atoms with Gasteiger partial charge in [0.15, 0.2) is 0 Å². The van der Waals surface area contributed by atoms with Gasteiger partial charge in [-0.1, -0.05) is 0 Å². The van der Waals surface area contributed by atoms with E-state index < -0.39 is 20.2 Å². The summed E-state index contributed by atoms with van der Waals surface area (Å²) in [6, 6.07) is 5.77. The Morgan fingerprint density at radius 1 is 1.18 bits per heavy atom. The summed E-state index contributed by atoms with van der Waals surface area (Å²) >= 11 is 0. The van der Waals surface area contributed by atoms with Gasteiger partial charge < -0.3 is 19.7 Å². The molecule has 0 saturated heterocycles. The molecular weight excluding hydrogens is 332 g/mol. The highest BCUT2D eigenvalue weighted by Crippen LogP contribution is 2.20. The SMILES string of the molecule is CCN(CCS(C)(=O)=O)c1ccc(N)c(C)c1.O=S(=O)([O-])[O-]. The molecule has 0 radical (unpaired) electrons. The van der Waals surface area contributed by atoms with Crippen molar-refractivity contribution in [2.75, 3.05) is 35.7 Å². The Morgan fingerprint density at radius 2 is 1.68 bits per heavy atom. The first kappa shape index (κ1) is 20.6. The fourth-order valence-electron chi connectivity index (χ4n) is 1.60.